The molecule has 2 saturated heterocycles. The van der Waals surface area contributed by atoms with Crippen LogP contribution in [0.15, 0.2) is 60.7 Å². The van der Waals surface area contributed by atoms with E-state index in [1.165, 1.54) is 0 Å². The van der Waals surface area contributed by atoms with Gasteiger partial charge in [-0.1, -0.05) is 60.7 Å². The van der Waals surface area contributed by atoms with Gasteiger partial charge in [0.25, 0.3) is 5.91 Å². The van der Waals surface area contributed by atoms with Crippen molar-refractivity contribution in [2.45, 2.75) is 30.8 Å². The molecule has 2 aliphatic heterocycles. The molecule has 144 valence electrons. The van der Waals surface area contributed by atoms with Gasteiger partial charge in [-0.2, -0.15) is 0 Å². The van der Waals surface area contributed by atoms with Gasteiger partial charge in [-0.15, -0.1) is 0 Å². The number of rotatable bonds is 5. The summed E-state index contributed by atoms with van der Waals surface area (Å²) >= 11 is 0. The molecule has 7 heteroatoms. The maximum Gasteiger partial charge on any atom is 0.379 e. The number of hydrogen-bond acceptors (Lipinski definition) is 6. The molecular weight excluding hydrogens is 362 g/mol. The quantitative estimate of drug-likeness (QED) is 0.740. The van der Waals surface area contributed by atoms with Crippen molar-refractivity contribution >= 4 is 17.8 Å². The number of hydroxylamine groups is 2. The van der Waals surface area contributed by atoms with Gasteiger partial charge < -0.3 is 9.57 Å². The Kier molecular flexibility index (Phi) is 4.83. The average Bonchev–Trinajstić information content (AvgIpc) is 3.30. The largest absolute Gasteiger partial charge is 0.446 e. The number of amides is 1. The van der Waals surface area contributed by atoms with Gasteiger partial charge in [-0.3, -0.25) is 9.59 Å². The van der Waals surface area contributed by atoms with Crippen LogP contribution in [-0.2, 0) is 28.8 Å². The van der Waals surface area contributed by atoms with Crippen LogP contribution in [-0.4, -0.2) is 35.3 Å². The Morgan fingerprint density at radius 2 is 1.57 bits per heavy atom. The lowest BCUT2D eigenvalue weighted by Gasteiger charge is -2.34. The summed E-state index contributed by atoms with van der Waals surface area (Å²) in [5.74, 6) is -2.36. The first-order valence-electron chi connectivity index (χ1n) is 9.10. The van der Waals surface area contributed by atoms with Gasteiger partial charge in [0.1, 0.15) is 0 Å². The van der Waals surface area contributed by atoms with E-state index in [-0.39, 0.29) is 25.9 Å². The summed E-state index contributed by atoms with van der Waals surface area (Å²) in [6, 6.07) is 18.6. The number of ether oxygens (including phenoxy) is 1. The molecule has 1 atom stereocenters. The highest BCUT2D eigenvalue weighted by Gasteiger charge is 2.57. The predicted octanol–water partition coefficient (Wildman–Crippen LogP) is 2.52. The first kappa shape index (κ1) is 18.2. The zero-order chi connectivity index (χ0) is 19.6. The van der Waals surface area contributed by atoms with Crippen LogP contribution >= 0.6 is 0 Å². The molecule has 0 N–H and O–H groups in total. The third-order valence-corrected chi connectivity index (χ3v) is 4.97. The lowest BCUT2D eigenvalue weighted by atomic mass is 9.76. The summed E-state index contributed by atoms with van der Waals surface area (Å²) in [4.78, 5) is 47.4. The van der Waals surface area contributed by atoms with Crippen LogP contribution in [0, 0.1) is 0 Å². The van der Waals surface area contributed by atoms with Crippen molar-refractivity contribution in [3.63, 3.8) is 0 Å². The maximum absolute atomic E-state index is 13.2. The minimum absolute atomic E-state index is 0.0834. The van der Waals surface area contributed by atoms with Gasteiger partial charge >= 0.3 is 11.9 Å². The summed E-state index contributed by atoms with van der Waals surface area (Å²) in [6.07, 6.45) is 0.349. The first-order chi connectivity index (χ1) is 13.6. The number of carbonyl (C=O) groups excluding carboxylic acids is 3. The summed E-state index contributed by atoms with van der Waals surface area (Å²) in [5.41, 5.74) is 0.00878. The smallest absolute Gasteiger partial charge is 0.379 e. The van der Waals surface area contributed by atoms with Crippen molar-refractivity contribution in [1.29, 1.82) is 0 Å². The summed E-state index contributed by atoms with van der Waals surface area (Å²) in [7, 11) is 0. The molecule has 2 heterocycles. The van der Waals surface area contributed by atoms with E-state index in [1.807, 2.05) is 60.7 Å². The van der Waals surface area contributed by atoms with Crippen molar-refractivity contribution < 1.29 is 28.8 Å². The second kappa shape index (κ2) is 7.44. The number of carbonyl (C=O) groups is 3. The average molecular weight is 381 g/mol. The second-order valence-corrected chi connectivity index (χ2v) is 6.73. The molecule has 1 amide bonds. The Morgan fingerprint density at radius 1 is 0.964 bits per heavy atom. The SMILES string of the molecule is O=C1CCC(C(=O)ON2OCCC2=O)(C(c2ccccc2)c2ccccc2)O1. The Labute approximate surface area is 161 Å². The highest BCUT2D eigenvalue weighted by Crippen LogP contribution is 2.45. The van der Waals surface area contributed by atoms with E-state index >= 15 is 0 Å². The number of hydrogen-bond donors (Lipinski definition) is 0. The molecule has 0 aromatic heterocycles. The number of nitrogens with zero attached hydrogens (tertiary/aromatic N) is 1. The zero-order valence-corrected chi connectivity index (χ0v) is 15.1. The van der Waals surface area contributed by atoms with Crippen LogP contribution < -0.4 is 0 Å². The molecule has 0 aliphatic carbocycles. The van der Waals surface area contributed by atoms with Crippen LogP contribution in [0.3, 0.4) is 0 Å². The van der Waals surface area contributed by atoms with Gasteiger partial charge in [-0.05, 0) is 16.4 Å². The summed E-state index contributed by atoms with van der Waals surface area (Å²) in [5, 5.41) is 0.587. The van der Waals surface area contributed by atoms with Crippen LogP contribution in [0.5, 0.6) is 0 Å². The van der Waals surface area contributed by atoms with Crippen molar-refractivity contribution in [1.82, 2.24) is 5.23 Å². The third kappa shape index (κ3) is 3.25. The van der Waals surface area contributed by atoms with Crippen LogP contribution in [0.1, 0.15) is 36.3 Å². The zero-order valence-electron chi connectivity index (χ0n) is 15.1. The van der Waals surface area contributed by atoms with Crippen LogP contribution in [0.2, 0.25) is 0 Å². The van der Waals surface area contributed by atoms with Gasteiger partial charge in [0.15, 0.2) is 0 Å². The summed E-state index contributed by atoms with van der Waals surface area (Å²) in [6.45, 7) is 0.139. The molecule has 2 aromatic carbocycles. The Bertz CT molecular complexity index is 845. The highest BCUT2D eigenvalue weighted by atomic mass is 17.0. The summed E-state index contributed by atoms with van der Waals surface area (Å²) < 4.78 is 5.62. The number of esters is 1. The number of benzene rings is 2. The Hall–Kier alpha value is -3.19. The van der Waals surface area contributed by atoms with Crippen molar-refractivity contribution in [3.05, 3.63) is 71.8 Å². The highest BCUT2D eigenvalue weighted by molar-refractivity contribution is 5.89. The second-order valence-electron chi connectivity index (χ2n) is 6.73. The van der Waals surface area contributed by atoms with Crippen molar-refractivity contribution in [2.24, 2.45) is 0 Å². The van der Waals surface area contributed by atoms with Crippen molar-refractivity contribution in [3.8, 4) is 0 Å². The van der Waals surface area contributed by atoms with E-state index < -0.39 is 29.4 Å². The normalized spacial score (nSPS) is 21.8. The van der Waals surface area contributed by atoms with E-state index in [9.17, 15) is 14.4 Å². The molecule has 4 rings (SSSR count). The molecule has 2 aliphatic rings. The molecule has 28 heavy (non-hydrogen) atoms. The fraction of sp³-hybridized carbons (Fsp3) is 0.286. The van der Waals surface area contributed by atoms with Crippen LogP contribution in [0.25, 0.3) is 0 Å². The maximum atomic E-state index is 13.2. The predicted molar refractivity (Wildman–Crippen MR) is 96.3 cm³/mol. The van der Waals surface area contributed by atoms with Gasteiger partial charge in [0, 0.05) is 12.8 Å². The topological polar surface area (TPSA) is 82.1 Å². The number of cyclic esters (lactones) is 1. The lowest BCUT2D eigenvalue weighted by Crippen LogP contribution is -2.48. The monoisotopic (exact) mass is 381 g/mol. The van der Waals surface area contributed by atoms with Crippen molar-refractivity contribution in [2.75, 3.05) is 6.61 Å². The lowest BCUT2D eigenvalue weighted by molar-refractivity contribution is -0.310. The van der Waals surface area contributed by atoms with E-state index in [0.717, 1.165) is 11.1 Å². The molecule has 0 radical (unpaired) electrons. The van der Waals surface area contributed by atoms with E-state index in [4.69, 9.17) is 14.4 Å². The van der Waals surface area contributed by atoms with E-state index in [1.54, 1.807) is 0 Å². The molecule has 2 fully saturated rings. The molecule has 1 unspecified atom stereocenters. The molecule has 7 nitrogen and oxygen atoms in total. The minimum Gasteiger partial charge on any atom is -0.446 e. The first-order valence-corrected chi connectivity index (χ1v) is 9.10. The Morgan fingerprint density at radius 3 is 2.04 bits per heavy atom. The van der Waals surface area contributed by atoms with Gasteiger partial charge in [0.05, 0.1) is 18.9 Å². The fourth-order valence-electron chi connectivity index (χ4n) is 3.69. The Balaban J connectivity index is 1.78. The van der Waals surface area contributed by atoms with E-state index in [0.29, 0.717) is 5.23 Å². The van der Waals surface area contributed by atoms with E-state index in [2.05, 4.69) is 0 Å². The minimum atomic E-state index is -1.59. The van der Waals surface area contributed by atoms with Gasteiger partial charge in [0.2, 0.25) is 5.60 Å². The molecule has 0 bridgehead atoms. The van der Waals surface area contributed by atoms with Crippen LogP contribution in [0.4, 0.5) is 0 Å². The molecular formula is C21H19NO6. The fourth-order valence-corrected chi connectivity index (χ4v) is 3.69. The third-order valence-electron chi connectivity index (χ3n) is 4.97. The standard InChI is InChI=1S/C21H19NO6/c23-17-12-14-26-22(17)28-20(25)21(13-11-18(24)27-21)19(15-7-3-1-4-8-15)16-9-5-2-6-10-16/h1-10,19H,11-14H2. The molecule has 2 aromatic rings. The van der Waals surface area contributed by atoms with Gasteiger partial charge in [-0.25, -0.2) is 9.63 Å². The molecule has 0 spiro atoms. The molecule has 0 saturated carbocycles.